The van der Waals surface area contributed by atoms with Crippen LogP contribution >= 0.6 is 0 Å². The zero-order chi connectivity index (χ0) is 11.3. The van der Waals surface area contributed by atoms with E-state index in [1.54, 1.807) is 0 Å². The van der Waals surface area contributed by atoms with Crippen LogP contribution in [0.25, 0.3) is 0 Å². The van der Waals surface area contributed by atoms with Crippen LogP contribution < -0.4 is 14.8 Å². The second-order valence-corrected chi connectivity index (χ2v) is 5.22. The van der Waals surface area contributed by atoms with Gasteiger partial charge in [0.2, 0.25) is 6.79 Å². The fourth-order valence-corrected chi connectivity index (χ4v) is 2.55. The number of nitrogens with one attached hydrogen (secondary N) is 1. The van der Waals surface area contributed by atoms with E-state index in [4.69, 9.17) is 9.47 Å². The third-order valence-corrected chi connectivity index (χ3v) is 3.77. The molecule has 0 saturated carbocycles. The van der Waals surface area contributed by atoms with Crippen LogP contribution in [0.5, 0.6) is 11.5 Å². The van der Waals surface area contributed by atoms with Gasteiger partial charge in [-0.15, -0.1) is 0 Å². The van der Waals surface area contributed by atoms with Gasteiger partial charge in [0.25, 0.3) is 0 Å². The number of aryl methyl sites for hydroxylation is 1. The summed E-state index contributed by atoms with van der Waals surface area (Å²) in [5.74, 6) is 2.34. The summed E-state index contributed by atoms with van der Waals surface area (Å²) in [5.41, 5.74) is 2.87. The Morgan fingerprint density at radius 1 is 1.25 bits per heavy atom. The Kier molecular flexibility index (Phi) is 1.96. The summed E-state index contributed by atoms with van der Waals surface area (Å²) in [6, 6.07) is 4.23. The predicted molar refractivity (Wildman–Crippen MR) is 62.1 cm³/mol. The zero-order valence-electron chi connectivity index (χ0n) is 9.96. The molecule has 0 aliphatic carbocycles. The molecule has 0 amide bonds. The van der Waals surface area contributed by atoms with E-state index in [0.29, 0.717) is 12.7 Å². The average molecular weight is 219 g/mol. The minimum Gasteiger partial charge on any atom is -0.454 e. The molecular weight excluding hydrogens is 202 g/mol. The number of benzene rings is 1. The van der Waals surface area contributed by atoms with E-state index in [-0.39, 0.29) is 5.54 Å². The van der Waals surface area contributed by atoms with Crippen molar-refractivity contribution in [1.29, 1.82) is 0 Å². The zero-order valence-corrected chi connectivity index (χ0v) is 9.96. The van der Waals surface area contributed by atoms with Gasteiger partial charge < -0.3 is 14.8 Å². The molecule has 1 aromatic rings. The van der Waals surface area contributed by atoms with Gasteiger partial charge in [0, 0.05) is 18.0 Å². The molecule has 3 heteroatoms. The van der Waals surface area contributed by atoms with Crippen molar-refractivity contribution in [3.05, 3.63) is 23.3 Å². The summed E-state index contributed by atoms with van der Waals surface area (Å²) in [5, 5.41) is 3.46. The third-order valence-electron chi connectivity index (χ3n) is 3.77. The second kappa shape index (κ2) is 3.14. The van der Waals surface area contributed by atoms with Crippen molar-refractivity contribution in [3.63, 3.8) is 0 Å². The van der Waals surface area contributed by atoms with Crippen LogP contribution in [-0.4, -0.2) is 18.9 Å². The SMILES string of the molecule is Cc1cc2c(cc1C1CNC1(C)C)OCO2. The Morgan fingerprint density at radius 3 is 2.50 bits per heavy atom. The van der Waals surface area contributed by atoms with E-state index in [0.717, 1.165) is 18.0 Å². The Morgan fingerprint density at radius 2 is 1.94 bits per heavy atom. The van der Waals surface area contributed by atoms with Gasteiger partial charge in [0.05, 0.1) is 0 Å². The summed E-state index contributed by atoms with van der Waals surface area (Å²) in [4.78, 5) is 0. The first-order valence-corrected chi connectivity index (χ1v) is 5.73. The van der Waals surface area contributed by atoms with Gasteiger partial charge in [-0.3, -0.25) is 0 Å². The van der Waals surface area contributed by atoms with Crippen molar-refractivity contribution >= 4 is 0 Å². The lowest BCUT2D eigenvalue weighted by atomic mass is 9.74. The monoisotopic (exact) mass is 219 g/mol. The Hall–Kier alpha value is -1.22. The molecule has 1 saturated heterocycles. The van der Waals surface area contributed by atoms with E-state index >= 15 is 0 Å². The summed E-state index contributed by atoms with van der Waals surface area (Å²) in [7, 11) is 0. The first-order valence-electron chi connectivity index (χ1n) is 5.73. The highest BCUT2D eigenvalue weighted by Gasteiger charge is 2.40. The van der Waals surface area contributed by atoms with Gasteiger partial charge in [-0.05, 0) is 44.0 Å². The maximum Gasteiger partial charge on any atom is 0.231 e. The highest BCUT2D eigenvalue weighted by molar-refractivity contribution is 5.50. The fourth-order valence-electron chi connectivity index (χ4n) is 2.55. The molecule has 1 unspecified atom stereocenters. The molecule has 0 radical (unpaired) electrons. The molecule has 0 bridgehead atoms. The first-order chi connectivity index (χ1) is 7.58. The smallest absolute Gasteiger partial charge is 0.231 e. The molecule has 3 rings (SSSR count). The lowest BCUT2D eigenvalue weighted by Gasteiger charge is -2.46. The molecular formula is C13H17NO2. The summed E-state index contributed by atoms with van der Waals surface area (Å²) in [6.45, 7) is 8.03. The van der Waals surface area contributed by atoms with Crippen LogP contribution in [0.2, 0.25) is 0 Å². The number of fused-ring (bicyclic) bond motifs is 1. The van der Waals surface area contributed by atoms with E-state index < -0.39 is 0 Å². The van der Waals surface area contributed by atoms with Crippen molar-refractivity contribution < 1.29 is 9.47 Å². The summed E-state index contributed by atoms with van der Waals surface area (Å²) in [6.07, 6.45) is 0. The lowest BCUT2D eigenvalue weighted by Crippen LogP contribution is -2.59. The first kappa shape index (κ1) is 9.97. The lowest BCUT2D eigenvalue weighted by molar-refractivity contribution is 0.173. The maximum absolute atomic E-state index is 5.44. The van der Waals surface area contributed by atoms with Crippen LogP contribution in [-0.2, 0) is 0 Å². The molecule has 1 atom stereocenters. The van der Waals surface area contributed by atoms with Crippen LogP contribution in [0.1, 0.15) is 30.9 Å². The van der Waals surface area contributed by atoms with Crippen molar-refractivity contribution in [1.82, 2.24) is 5.32 Å². The highest BCUT2D eigenvalue weighted by atomic mass is 16.7. The topological polar surface area (TPSA) is 30.5 Å². The molecule has 2 aliphatic heterocycles. The second-order valence-electron chi connectivity index (χ2n) is 5.22. The number of ether oxygens (including phenoxy) is 2. The number of hydrogen-bond acceptors (Lipinski definition) is 3. The number of rotatable bonds is 1. The molecule has 1 N–H and O–H groups in total. The van der Waals surface area contributed by atoms with Gasteiger partial charge in [-0.2, -0.15) is 0 Å². The maximum atomic E-state index is 5.44. The van der Waals surface area contributed by atoms with Crippen LogP contribution in [0, 0.1) is 6.92 Å². The van der Waals surface area contributed by atoms with Gasteiger partial charge in [0.1, 0.15) is 0 Å². The van der Waals surface area contributed by atoms with E-state index in [2.05, 4.69) is 38.2 Å². The van der Waals surface area contributed by atoms with E-state index in [1.807, 2.05) is 0 Å². The predicted octanol–water partition coefficient (Wildman–Crippen LogP) is 2.19. The Bertz CT molecular complexity index is 440. The normalized spacial score (nSPS) is 25.3. The molecule has 3 nitrogen and oxygen atoms in total. The third kappa shape index (κ3) is 1.31. The van der Waals surface area contributed by atoms with Gasteiger partial charge in [-0.25, -0.2) is 0 Å². The molecule has 86 valence electrons. The van der Waals surface area contributed by atoms with Crippen molar-refractivity contribution in [3.8, 4) is 11.5 Å². The van der Waals surface area contributed by atoms with Gasteiger partial charge in [-0.1, -0.05) is 0 Å². The van der Waals surface area contributed by atoms with Gasteiger partial charge >= 0.3 is 0 Å². The van der Waals surface area contributed by atoms with Crippen LogP contribution in [0.3, 0.4) is 0 Å². The van der Waals surface area contributed by atoms with E-state index in [9.17, 15) is 0 Å². The van der Waals surface area contributed by atoms with Crippen LogP contribution in [0.15, 0.2) is 12.1 Å². The van der Waals surface area contributed by atoms with E-state index in [1.165, 1.54) is 11.1 Å². The molecule has 16 heavy (non-hydrogen) atoms. The highest BCUT2D eigenvalue weighted by Crippen LogP contribution is 2.42. The molecule has 2 heterocycles. The summed E-state index contributed by atoms with van der Waals surface area (Å²) >= 11 is 0. The standard InChI is InChI=1S/C13H17NO2/c1-8-4-11-12(16-7-15-11)5-9(8)10-6-14-13(10,2)3/h4-5,10,14H,6-7H2,1-3H3. The fraction of sp³-hybridized carbons (Fsp3) is 0.538. The molecule has 0 spiro atoms. The number of hydrogen-bond donors (Lipinski definition) is 1. The van der Waals surface area contributed by atoms with Crippen molar-refractivity contribution in [2.24, 2.45) is 0 Å². The van der Waals surface area contributed by atoms with Crippen molar-refractivity contribution in [2.75, 3.05) is 13.3 Å². The van der Waals surface area contributed by atoms with Crippen molar-refractivity contribution in [2.45, 2.75) is 32.2 Å². The Balaban J connectivity index is 2.02. The largest absolute Gasteiger partial charge is 0.454 e. The minimum atomic E-state index is 0.193. The molecule has 2 aliphatic rings. The van der Waals surface area contributed by atoms with Crippen LogP contribution in [0.4, 0.5) is 0 Å². The average Bonchev–Trinajstić information content (AvgIpc) is 2.64. The molecule has 1 aromatic carbocycles. The Labute approximate surface area is 95.8 Å². The summed E-state index contributed by atoms with van der Waals surface area (Å²) < 4.78 is 10.8. The molecule has 1 fully saturated rings. The quantitative estimate of drug-likeness (QED) is 0.785. The minimum absolute atomic E-state index is 0.193. The van der Waals surface area contributed by atoms with Gasteiger partial charge in [0.15, 0.2) is 11.5 Å². The molecule has 0 aromatic heterocycles.